The van der Waals surface area contributed by atoms with E-state index in [1.165, 1.54) is 16.8 Å². The number of Topliss-reactive ketones (excluding diaryl/α,β-unsaturated/α-hetero) is 1. The van der Waals surface area contributed by atoms with E-state index in [0.717, 1.165) is 0 Å². The second-order valence-corrected chi connectivity index (χ2v) is 10.8. The monoisotopic (exact) mass is 545 g/mol. The summed E-state index contributed by atoms with van der Waals surface area (Å²) in [7, 11) is 4.66. The van der Waals surface area contributed by atoms with Crippen molar-refractivity contribution in [3.05, 3.63) is 0 Å². The lowest BCUT2D eigenvalue weighted by molar-refractivity contribution is -0.153. The molecule has 0 heterocycles. The van der Waals surface area contributed by atoms with Gasteiger partial charge in [-0.05, 0) is 65.3 Å². The Bertz CT molecular complexity index is 761. The third-order valence-electron chi connectivity index (χ3n) is 7.24. The van der Waals surface area contributed by atoms with Gasteiger partial charge in [-0.25, -0.2) is 4.79 Å². The normalized spacial score (nSPS) is 17.9. The molecule has 0 aromatic rings. The predicted octanol–water partition coefficient (Wildman–Crippen LogP) is 1.03. The lowest BCUT2D eigenvalue weighted by Gasteiger charge is -2.39. The van der Waals surface area contributed by atoms with Crippen LogP contribution in [0.1, 0.15) is 79.6 Å². The number of hydrogen-bond donors (Lipinski definition) is 5. The number of nitrogens with zero attached hydrogens (tertiary/aromatic N) is 2. The Labute approximate surface area is 227 Å². The van der Waals surface area contributed by atoms with E-state index in [1.807, 2.05) is 6.92 Å². The molecule has 222 valence electrons. The Kier molecular flexibility index (Phi) is 16.5. The van der Waals surface area contributed by atoms with E-state index in [0.29, 0.717) is 38.5 Å². The Hall–Kier alpha value is -2.08. The maximum atomic E-state index is 14.0. The van der Waals surface area contributed by atoms with Crippen molar-refractivity contribution in [3.63, 3.8) is 0 Å². The summed E-state index contributed by atoms with van der Waals surface area (Å²) >= 11 is 0. The molecular formula is C27H51N3O8. The molecule has 0 aliphatic carbocycles. The molecule has 3 unspecified atom stereocenters. The Morgan fingerprint density at radius 3 is 1.53 bits per heavy atom. The van der Waals surface area contributed by atoms with Gasteiger partial charge in [0.2, 0.25) is 11.8 Å². The van der Waals surface area contributed by atoms with Crippen LogP contribution in [0.15, 0.2) is 0 Å². The SMILES string of the molecule is CN[C@@H](C)C(=O)N(C)[C@@H](C(=O)N(C)[C@@H](C(=O)CC(O)C(=O)O)[C@H](C)CCCC(C)O)[C@H](C)CCCC(C)O. The molecule has 0 aromatic carbocycles. The highest BCUT2D eigenvalue weighted by Gasteiger charge is 2.40. The molecule has 0 aliphatic heterocycles. The van der Waals surface area contributed by atoms with Gasteiger partial charge in [-0.2, -0.15) is 0 Å². The van der Waals surface area contributed by atoms with Crippen molar-refractivity contribution >= 4 is 23.6 Å². The molecule has 0 spiro atoms. The van der Waals surface area contributed by atoms with Crippen LogP contribution in [-0.2, 0) is 19.2 Å². The van der Waals surface area contributed by atoms with Crippen molar-refractivity contribution in [2.75, 3.05) is 21.1 Å². The van der Waals surface area contributed by atoms with E-state index in [1.54, 1.807) is 41.8 Å². The molecule has 0 bridgehead atoms. The summed E-state index contributed by atoms with van der Waals surface area (Å²) in [6.45, 7) is 8.66. The van der Waals surface area contributed by atoms with Crippen LogP contribution in [-0.4, -0.2) is 111 Å². The van der Waals surface area contributed by atoms with Gasteiger partial charge >= 0.3 is 5.97 Å². The highest BCUT2D eigenvalue weighted by atomic mass is 16.4. The van der Waals surface area contributed by atoms with Crippen molar-refractivity contribution in [1.29, 1.82) is 0 Å². The molecule has 0 saturated carbocycles. The van der Waals surface area contributed by atoms with Crippen LogP contribution >= 0.6 is 0 Å². The van der Waals surface area contributed by atoms with Gasteiger partial charge in [-0.15, -0.1) is 0 Å². The fourth-order valence-electron chi connectivity index (χ4n) is 4.80. The highest BCUT2D eigenvalue weighted by Crippen LogP contribution is 2.25. The highest BCUT2D eigenvalue weighted by molar-refractivity contribution is 5.95. The number of hydrogen-bond acceptors (Lipinski definition) is 8. The number of aliphatic hydroxyl groups is 3. The molecule has 0 aliphatic rings. The van der Waals surface area contributed by atoms with E-state index in [2.05, 4.69) is 5.32 Å². The second kappa shape index (κ2) is 17.5. The summed E-state index contributed by atoms with van der Waals surface area (Å²) < 4.78 is 0. The van der Waals surface area contributed by atoms with Gasteiger partial charge in [0.25, 0.3) is 0 Å². The van der Waals surface area contributed by atoms with Crippen molar-refractivity contribution in [1.82, 2.24) is 15.1 Å². The van der Waals surface area contributed by atoms with Crippen molar-refractivity contribution in [3.8, 4) is 0 Å². The lowest BCUT2D eigenvalue weighted by atomic mass is 9.87. The zero-order chi connectivity index (χ0) is 29.7. The van der Waals surface area contributed by atoms with Crippen molar-refractivity contribution < 1.29 is 39.6 Å². The number of aliphatic hydroxyl groups excluding tert-OH is 3. The van der Waals surface area contributed by atoms with Crippen molar-refractivity contribution in [2.45, 2.75) is 116 Å². The number of likely N-dealkylation sites (N-methyl/N-ethyl adjacent to an activating group) is 3. The van der Waals surface area contributed by atoms with Crippen LogP contribution < -0.4 is 5.32 Å². The van der Waals surface area contributed by atoms with Crippen LogP contribution in [0.3, 0.4) is 0 Å². The summed E-state index contributed by atoms with van der Waals surface area (Å²) in [6.07, 6.45) is -0.250. The number of rotatable bonds is 19. The number of aliphatic carboxylic acids is 1. The number of carboxylic acids is 1. The van der Waals surface area contributed by atoms with E-state index in [-0.39, 0.29) is 17.7 Å². The van der Waals surface area contributed by atoms with Gasteiger partial charge < -0.3 is 35.5 Å². The standard InChI is InChI=1S/C27H51N3O8/c1-16(11-9-13-18(3)31)23(21(33)15-22(34)27(37)38)29(7)26(36)24(17(2)12-10-14-19(4)32)30(8)25(35)20(5)28-6/h16-20,22-24,28,31-32,34H,9-15H2,1-8H3,(H,37,38)/t16-,17-,18?,19?,20+,22?,23-,24-/m1/s1. The Balaban J connectivity index is 6.21. The minimum Gasteiger partial charge on any atom is -0.479 e. The largest absolute Gasteiger partial charge is 0.479 e. The number of carbonyl (C=O) groups is 4. The van der Waals surface area contributed by atoms with Gasteiger partial charge in [0.15, 0.2) is 11.9 Å². The number of carbonyl (C=O) groups excluding carboxylic acids is 3. The fraction of sp³-hybridized carbons (Fsp3) is 0.852. The van der Waals surface area contributed by atoms with Crippen LogP contribution in [0.4, 0.5) is 0 Å². The Morgan fingerprint density at radius 1 is 0.711 bits per heavy atom. The molecule has 8 atom stereocenters. The quantitative estimate of drug-likeness (QED) is 0.159. The Morgan fingerprint density at radius 2 is 1.13 bits per heavy atom. The molecule has 0 radical (unpaired) electrons. The van der Waals surface area contributed by atoms with Gasteiger partial charge in [-0.1, -0.05) is 26.7 Å². The first-order valence-corrected chi connectivity index (χ1v) is 13.6. The fourth-order valence-corrected chi connectivity index (χ4v) is 4.80. The van der Waals surface area contributed by atoms with Crippen molar-refractivity contribution in [2.24, 2.45) is 11.8 Å². The maximum Gasteiger partial charge on any atom is 0.332 e. The molecule has 0 saturated heterocycles. The minimum absolute atomic E-state index is 0.296. The van der Waals surface area contributed by atoms with E-state index in [4.69, 9.17) is 5.11 Å². The smallest absolute Gasteiger partial charge is 0.332 e. The molecule has 5 N–H and O–H groups in total. The van der Waals surface area contributed by atoms with Crippen LogP contribution in [0.2, 0.25) is 0 Å². The summed E-state index contributed by atoms with van der Waals surface area (Å²) in [5, 5.41) is 41.1. The third kappa shape index (κ3) is 11.8. The molecule has 2 amide bonds. The van der Waals surface area contributed by atoms with E-state index >= 15 is 0 Å². The summed E-state index contributed by atoms with van der Waals surface area (Å²) in [5.74, 6) is -3.55. The van der Waals surface area contributed by atoms with Crippen LogP contribution in [0.5, 0.6) is 0 Å². The molecule has 0 aromatic heterocycles. The molecule has 0 fully saturated rings. The lowest BCUT2D eigenvalue weighted by Crippen LogP contribution is -2.58. The van der Waals surface area contributed by atoms with Crippen LogP contribution in [0, 0.1) is 11.8 Å². The molecule has 11 heteroatoms. The van der Waals surface area contributed by atoms with Gasteiger partial charge in [0.1, 0.15) is 6.04 Å². The van der Waals surface area contributed by atoms with Gasteiger partial charge in [-0.3, -0.25) is 14.4 Å². The minimum atomic E-state index is -1.89. The number of nitrogens with one attached hydrogen (secondary N) is 1. The molecule has 11 nitrogen and oxygen atoms in total. The summed E-state index contributed by atoms with van der Waals surface area (Å²) in [6, 6.07) is -2.47. The van der Waals surface area contributed by atoms with Crippen LogP contribution in [0.25, 0.3) is 0 Å². The molecule has 38 heavy (non-hydrogen) atoms. The zero-order valence-corrected chi connectivity index (χ0v) is 24.4. The second-order valence-electron chi connectivity index (χ2n) is 10.8. The summed E-state index contributed by atoms with van der Waals surface area (Å²) in [5.41, 5.74) is 0. The number of amides is 2. The van der Waals surface area contributed by atoms with E-state index in [9.17, 15) is 34.5 Å². The average molecular weight is 546 g/mol. The first kappa shape index (κ1) is 35.9. The predicted molar refractivity (Wildman–Crippen MR) is 144 cm³/mol. The topological polar surface area (TPSA) is 168 Å². The number of carboxylic acid groups (broad SMARTS) is 1. The maximum absolute atomic E-state index is 14.0. The first-order chi connectivity index (χ1) is 17.6. The first-order valence-electron chi connectivity index (χ1n) is 13.6. The zero-order valence-electron chi connectivity index (χ0n) is 24.4. The van der Waals surface area contributed by atoms with Gasteiger partial charge in [0.05, 0.1) is 24.3 Å². The molecular weight excluding hydrogens is 494 g/mol. The van der Waals surface area contributed by atoms with Gasteiger partial charge in [0, 0.05) is 20.5 Å². The van der Waals surface area contributed by atoms with E-state index < -0.39 is 60.5 Å². The summed E-state index contributed by atoms with van der Waals surface area (Å²) in [4.78, 5) is 54.2. The third-order valence-corrected chi connectivity index (χ3v) is 7.24. The molecule has 0 rings (SSSR count). The number of ketones is 1. The average Bonchev–Trinajstić information content (AvgIpc) is 2.82.